The van der Waals surface area contributed by atoms with Gasteiger partial charge in [-0.3, -0.25) is 4.98 Å². The molecule has 0 spiro atoms. The standard InChI is InChI=1S/C26H27N5O/c1-18-13-22(7-9-27-18)21-5-3-20(4-6-21)15-30-26-24-16-29-25(14-23(24)8-10-28-26)31-11-12-32-19(2)17-31/h3-10,13-14,16,19H,11-12,15,17H2,1-2H3,(H,28,30). The van der Waals surface area contributed by atoms with Gasteiger partial charge in [0.05, 0.1) is 12.7 Å². The second-order valence-corrected chi connectivity index (χ2v) is 8.29. The SMILES string of the molecule is Cc1cc(-c2ccc(CNc3nccc4cc(N5CCOC(C)C5)ncc34)cc2)ccn1. The lowest BCUT2D eigenvalue weighted by molar-refractivity contribution is 0.0529. The van der Waals surface area contributed by atoms with E-state index in [1.165, 1.54) is 16.7 Å². The Labute approximate surface area is 188 Å². The van der Waals surface area contributed by atoms with E-state index in [1.54, 1.807) is 0 Å². The third kappa shape index (κ3) is 4.41. The van der Waals surface area contributed by atoms with Crippen LogP contribution in [0.1, 0.15) is 18.2 Å². The number of anilines is 2. The molecule has 1 atom stereocenters. The van der Waals surface area contributed by atoms with E-state index in [2.05, 4.69) is 63.5 Å². The Balaban J connectivity index is 1.31. The predicted molar refractivity (Wildman–Crippen MR) is 129 cm³/mol. The summed E-state index contributed by atoms with van der Waals surface area (Å²) in [5, 5.41) is 5.65. The van der Waals surface area contributed by atoms with E-state index < -0.39 is 0 Å². The topological polar surface area (TPSA) is 63.2 Å². The Bertz CT molecular complexity index is 1220. The van der Waals surface area contributed by atoms with Crippen molar-refractivity contribution >= 4 is 22.4 Å². The highest BCUT2D eigenvalue weighted by molar-refractivity contribution is 5.92. The van der Waals surface area contributed by atoms with Crippen molar-refractivity contribution in [3.05, 3.63) is 78.4 Å². The van der Waals surface area contributed by atoms with Crippen molar-refractivity contribution < 1.29 is 4.74 Å². The van der Waals surface area contributed by atoms with Crippen LogP contribution in [-0.2, 0) is 11.3 Å². The maximum atomic E-state index is 5.66. The van der Waals surface area contributed by atoms with Gasteiger partial charge in [0, 0.05) is 49.3 Å². The number of ether oxygens (including phenoxy) is 1. The number of aromatic nitrogens is 3. The minimum absolute atomic E-state index is 0.227. The average Bonchev–Trinajstić information content (AvgIpc) is 2.82. The summed E-state index contributed by atoms with van der Waals surface area (Å²) >= 11 is 0. The molecular formula is C26H27N5O. The van der Waals surface area contributed by atoms with Crippen LogP contribution in [0.15, 0.2) is 67.1 Å². The van der Waals surface area contributed by atoms with Gasteiger partial charge in [0.2, 0.25) is 0 Å². The molecule has 3 aromatic heterocycles. The number of pyridine rings is 3. The smallest absolute Gasteiger partial charge is 0.135 e. The molecule has 5 rings (SSSR count). The van der Waals surface area contributed by atoms with Gasteiger partial charge in [-0.25, -0.2) is 9.97 Å². The van der Waals surface area contributed by atoms with Gasteiger partial charge in [0.25, 0.3) is 0 Å². The minimum atomic E-state index is 0.227. The van der Waals surface area contributed by atoms with Crippen LogP contribution in [0.3, 0.4) is 0 Å². The summed E-state index contributed by atoms with van der Waals surface area (Å²) in [6.45, 7) is 7.29. The third-order valence-corrected chi connectivity index (χ3v) is 5.84. The molecule has 1 unspecified atom stereocenters. The molecule has 32 heavy (non-hydrogen) atoms. The fourth-order valence-corrected chi connectivity index (χ4v) is 4.12. The number of nitrogens with one attached hydrogen (secondary N) is 1. The molecule has 6 heteroatoms. The van der Waals surface area contributed by atoms with E-state index in [4.69, 9.17) is 9.72 Å². The number of hydrogen-bond acceptors (Lipinski definition) is 6. The van der Waals surface area contributed by atoms with Crippen LogP contribution in [0.5, 0.6) is 0 Å². The van der Waals surface area contributed by atoms with E-state index in [0.29, 0.717) is 6.54 Å². The van der Waals surface area contributed by atoms with Gasteiger partial charge in [0.1, 0.15) is 11.6 Å². The van der Waals surface area contributed by atoms with Gasteiger partial charge in [-0.15, -0.1) is 0 Å². The number of fused-ring (bicyclic) bond motifs is 1. The van der Waals surface area contributed by atoms with Crippen LogP contribution in [0.25, 0.3) is 21.9 Å². The molecule has 1 aliphatic rings. The number of nitrogens with zero attached hydrogens (tertiary/aromatic N) is 4. The summed E-state index contributed by atoms with van der Waals surface area (Å²) in [5.74, 6) is 1.84. The van der Waals surface area contributed by atoms with Gasteiger partial charge in [-0.05, 0) is 60.2 Å². The molecule has 1 N–H and O–H groups in total. The molecule has 0 amide bonds. The highest BCUT2D eigenvalue weighted by atomic mass is 16.5. The van der Waals surface area contributed by atoms with Crippen molar-refractivity contribution in [1.82, 2.24) is 15.0 Å². The summed E-state index contributed by atoms with van der Waals surface area (Å²) in [6.07, 6.45) is 5.86. The fraction of sp³-hybridized carbons (Fsp3) is 0.269. The molecule has 6 nitrogen and oxygen atoms in total. The molecule has 1 aliphatic heterocycles. The zero-order valence-electron chi connectivity index (χ0n) is 18.5. The third-order valence-electron chi connectivity index (χ3n) is 5.84. The Morgan fingerprint density at radius 3 is 2.66 bits per heavy atom. The molecule has 4 heterocycles. The lowest BCUT2D eigenvalue weighted by Gasteiger charge is -2.32. The van der Waals surface area contributed by atoms with Crippen molar-refractivity contribution in [2.45, 2.75) is 26.5 Å². The molecule has 1 aromatic carbocycles. The molecule has 0 aliphatic carbocycles. The van der Waals surface area contributed by atoms with Crippen LogP contribution < -0.4 is 10.2 Å². The van der Waals surface area contributed by atoms with Crippen LogP contribution >= 0.6 is 0 Å². The highest BCUT2D eigenvalue weighted by Gasteiger charge is 2.18. The summed E-state index contributed by atoms with van der Waals surface area (Å²) in [5.41, 5.74) is 4.60. The lowest BCUT2D eigenvalue weighted by Crippen LogP contribution is -2.41. The summed E-state index contributed by atoms with van der Waals surface area (Å²) in [6, 6.07) is 16.9. The molecule has 0 bridgehead atoms. The summed E-state index contributed by atoms with van der Waals surface area (Å²) < 4.78 is 5.66. The van der Waals surface area contributed by atoms with E-state index in [-0.39, 0.29) is 6.10 Å². The highest BCUT2D eigenvalue weighted by Crippen LogP contribution is 2.26. The van der Waals surface area contributed by atoms with E-state index >= 15 is 0 Å². The molecular weight excluding hydrogens is 398 g/mol. The Hall–Kier alpha value is -3.51. The monoisotopic (exact) mass is 425 g/mol. The average molecular weight is 426 g/mol. The summed E-state index contributed by atoms with van der Waals surface area (Å²) in [4.78, 5) is 15.8. The van der Waals surface area contributed by atoms with Crippen LogP contribution in [-0.4, -0.2) is 40.8 Å². The quantitative estimate of drug-likeness (QED) is 0.494. The first kappa shape index (κ1) is 20.4. The maximum absolute atomic E-state index is 5.66. The molecule has 0 radical (unpaired) electrons. The number of hydrogen-bond donors (Lipinski definition) is 1. The minimum Gasteiger partial charge on any atom is -0.375 e. The first-order valence-corrected chi connectivity index (χ1v) is 11.0. The van der Waals surface area contributed by atoms with Crippen molar-refractivity contribution in [2.75, 3.05) is 29.9 Å². The lowest BCUT2D eigenvalue weighted by atomic mass is 10.0. The first-order valence-electron chi connectivity index (χ1n) is 11.0. The molecule has 1 fully saturated rings. The number of rotatable bonds is 5. The van der Waals surface area contributed by atoms with E-state index in [9.17, 15) is 0 Å². The van der Waals surface area contributed by atoms with Gasteiger partial charge in [-0.2, -0.15) is 0 Å². The molecule has 4 aromatic rings. The zero-order valence-corrected chi connectivity index (χ0v) is 18.5. The van der Waals surface area contributed by atoms with Crippen molar-refractivity contribution in [3.63, 3.8) is 0 Å². The first-order chi connectivity index (χ1) is 15.7. The van der Waals surface area contributed by atoms with Gasteiger partial charge >= 0.3 is 0 Å². The normalized spacial score (nSPS) is 16.3. The second kappa shape index (κ2) is 8.93. The van der Waals surface area contributed by atoms with Gasteiger partial charge in [0.15, 0.2) is 0 Å². The maximum Gasteiger partial charge on any atom is 0.135 e. The van der Waals surface area contributed by atoms with E-state index in [0.717, 1.165) is 47.8 Å². The number of benzene rings is 1. The van der Waals surface area contributed by atoms with Crippen molar-refractivity contribution in [3.8, 4) is 11.1 Å². The Kier molecular flexibility index (Phi) is 5.69. The van der Waals surface area contributed by atoms with E-state index in [1.807, 2.05) is 37.6 Å². The van der Waals surface area contributed by atoms with Crippen molar-refractivity contribution in [1.29, 1.82) is 0 Å². The molecule has 1 saturated heterocycles. The fourth-order valence-electron chi connectivity index (χ4n) is 4.12. The van der Waals surface area contributed by atoms with Crippen LogP contribution in [0.2, 0.25) is 0 Å². The Morgan fingerprint density at radius 2 is 1.84 bits per heavy atom. The van der Waals surface area contributed by atoms with Gasteiger partial charge in [-0.1, -0.05) is 24.3 Å². The van der Waals surface area contributed by atoms with Crippen LogP contribution in [0.4, 0.5) is 11.6 Å². The Morgan fingerprint density at radius 1 is 1.00 bits per heavy atom. The molecule has 0 saturated carbocycles. The largest absolute Gasteiger partial charge is 0.375 e. The van der Waals surface area contributed by atoms with Crippen LogP contribution in [0, 0.1) is 6.92 Å². The number of aryl methyl sites for hydroxylation is 1. The summed E-state index contributed by atoms with van der Waals surface area (Å²) in [7, 11) is 0. The molecule has 162 valence electrons. The zero-order chi connectivity index (χ0) is 21.9. The van der Waals surface area contributed by atoms with Crippen molar-refractivity contribution in [2.24, 2.45) is 0 Å². The number of morpholine rings is 1. The van der Waals surface area contributed by atoms with Gasteiger partial charge < -0.3 is 15.0 Å². The second-order valence-electron chi connectivity index (χ2n) is 8.29. The predicted octanol–water partition coefficient (Wildman–Crippen LogP) is 4.84.